The molecule has 1 heterocycles. The highest BCUT2D eigenvalue weighted by atomic mass is 35.5. The molecule has 4 amide bonds. The largest absolute Gasteiger partial charge is 0.350 e. The summed E-state index contributed by atoms with van der Waals surface area (Å²) in [5.74, 6) is -1.79. The Labute approximate surface area is 210 Å². The van der Waals surface area contributed by atoms with Crippen LogP contribution in [0, 0.1) is 11.8 Å². The standard InChI is InChI=1S/C25H31Cl2N3O4/c1-15(22(32)28-25(2,3)4)30(14-16-9-10-17(26)13-20(16)27)21(31)11-12-29-23(33)18-7-5-6-8-19(18)24(29)34/h5-6,9-10,13,15,18-19H,7-8,11-12,14H2,1-4H3,(H,28,32)/t15-,18-,19+/m0/s1. The molecule has 1 saturated heterocycles. The molecule has 9 heteroatoms. The summed E-state index contributed by atoms with van der Waals surface area (Å²) in [6, 6.07) is 4.17. The van der Waals surface area contributed by atoms with Gasteiger partial charge in [0.2, 0.25) is 23.6 Å². The minimum atomic E-state index is -0.796. The number of likely N-dealkylation sites (tertiary alicyclic amines) is 1. The highest BCUT2D eigenvalue weighted by molar-refractivity contribution is 6.35. The van der Waals surface area contributed by atoms with Crippen LogP contribution < -0.4 is 5.32 Å². The summed E-state index contributed by atoms with van der Waals surface area (Å²) in [6.45, 7) is 7.30. The number of imide groups is 1. The molecule has 34 heavy (non-hydrogen) atoms. The van der Waals surface area contributed by atoms with E-state index in [-0.39, 0.29) is 55.0 Å². The Morgan fingerprint density at radius 1 is 1.12 bits per heavy atom. The molecular formula is C25H31Cl2N3O4. The second-order valence-corrected chi connectivity index (χ2v) is 10.8. The van der Waals surface area contributed by atoms with Crippen molar-refractivity contribution in [3.63, 3.8) is 0 Å². The molecule has 0 aromatic heterocycles. The zero-order chi connectivity index (χ0) is 25.2. The lowest BCUT2D eigenvalue weighted by Crippen LogP contribution is -2.52. The van der Waals surface area contributed by atoms with E-state index in [2.05, 4.69) is 5.32 Å². The van der Waals surface area contributed by atoms with E-state index in [1.165, 1.54) is 9.80 Å². The van der Waals surface area contributed by atoms with Crippen molar-refractivity contribution in [1.82, 2.24) is 15.1 Å². The molecular weight excluding hydrogens is 477 g/mol. The Hall–Kier alpha value is -2.38. The Morgan fingerprint density at radius 3 is 2.24 bits per heavy atom. The fourth-order valence-corrected chi connectivity index (χ4v) is 4.80. The van der Waals surface area contributed by atoms with E-state index in [1.54, 1.807) is 25.1 Å². The van der Waals surface area contributed by atoms with Crippen molar-refractivity contribution in [2.24, 2.45) is 11.8 Å². The number of hydrogen-bond acceptors (Lipinski definition) is 4. The van der Waals surface area contributed by atoms with Gasteiger partial charge in [0.1, 0.15) is 6.04 Å². The number of rotatable bonds is 7. The zero-order valence-corrected chi connectivity index (χ0v) is 21.4. The van der Waals surface area contributed by atoms with E-state index in [0.717, 1.165) is 0 Å². The van der Waals surface area contributed by atoms with Gasteiger partial charge in [0.15, 0.2) is 0 Å². The van der Waals surface area contributed by atoms with Gasteiger partial charge in [0.25, 0.3) is 0 Å². The highest BCUT2D eigenvalue weighted by Gasteiger charge is 2.47. The second kappa shape index (κ2) is 10.5. The fourth-order valence-electron chi connectivity index (χ4n) is 4.33. The SMILES string of the molecule is C[C@@H](C(=O)NC(C)(C)C)N(Cc1ccc(Cl)cc1Cl)C(=O)CCN1C(=O)[C@H]2CC=CC[C@H]2C1=O. The van der Waals surface area contributed by atoms with Gasteiger partial charge in [-0.2, -0.15) is 0 Å². The molecule has 0 spiro atoms. The minimum absolute atomic E-state index is 0.0119. The van der Waals surface area contributed by atoms with Gasteiger partial charge in [0, 0.05) is 35.1 Å². The van der Waals surface area contributed by atoms with Gasteiger partial charge in [-0.25, -0.2) is 0 Å². The van der Waals surface area contributed by atoms with E-state index in [9.17, 15) is 19.2 Å². The number of nitrogens with zero attached hydrogens (tertiary/aromatic N) is 2. The van der Waals surface area contributed by atoms with Gasteiger partial charge in [-0.1, -0.05) is 41.4 Å². The average molecular weight is 508 g/mol. The lowest BCUT2D eigenvalue weighted by Gasteiger charge is -2.32. The number of allylic oxidation sites excluding steroid dienone is 2. The number of carbonyl (C=O) groups excluding carboxylic acids is 4. The Morgan fingerprint density at radius 2 is 1.71 bits per heavy atom. The minimum Gasteiger partial charge on any atom is -0.350 e. The van der Waals surface area contributed by atoms with Gasteiger partial charge >= 0.3 is 0 Å². The van der Waals surface area contributed by atoms with Crippen LogP contribution in [0.2, 0.25) is 10.0 Å². The lowest BCUT2D eigenvalue weighted by molar-refractivity contribution is -0.144. The first kappa shape index (κ1) is 26.2. The molecule has 3 atom stereocenters. The third kappa shape index (κ3) is 5.99. The third-order valence-corrected chi connectivity index (χ3v) is 6.76. The molecule has 0 radical (unpaired) electrons. The fraction of sp³-hybridized carbons (Fsp3) is 0.520. The van der Waals surface area contributed by atoms with Gasteiger partial charge in [-0.3, -0.25) is 24.1 Å². The first-order valence-corrected chi connectivity index (χ1v) is 12.2. The molecule has 0 bridgehead atoms. The number of nitrogens with one attached hydrogen (secondary N) is 1. The molecule has 1 aliphatic carbocycles. The van der Waals surface area contributed by atoms with Crippen molar-refractivity contribution in [1.29, 1.82) is 0 Å². The molecule has 1 aromatic carbocycles. The quantitative estimate of drug-likeness (QED) is 0.446. The van der Waals surface area contributed by atoms with Crippen molar-refractivity contribution >= 4 is 46.8 Å². The molecule has 0 saturated carbocycles. The summed E-state index contributed by atoms with van der Waals surface area (Å²) in [6.07, 6.45) is 4.86. The lowest BCUT2D eigenvalue weighted by atomic mass is 9.85. The molecule has 1 aromatic rings. The van der Waals surface area contributed by atoms with Crippen LogP contribution in [0.5, 0.6) is 0 Å². The van der Waals surface area contributed by atoms with Crippen molar-refractivity contribution in [2.45, 2.75) is 65.1 Å². The van der Waals surface area contributed by atoms with E-state index < -0.39 is 11.6 Å². The normalized spacial score (nSPS) is 20.8. The number of carbonyl (C=O) groups is 4. The summed E-state index contributed by atoms with van der Waals surface area (Å²) in [7, 11) is 0. The number of hydrogen-bond donors (Lipinski definition) is 1. The molecule has 7 nitrogen and oxygen atoms in total. The van der Waals surface area contributed by atoms with Crippen LogP contribution in [-0.4, -0.2) is 51.6 Å². The highest BCUT2D eigenvalue weighted by Crippen LogP contribution is 2.35. The van der Waals surface area contributed by atoms with E-state index in [4.69, 9.17) is 23.2 Å². The van der Waals surface area contributed by atoms with Crippen LogP contribution >= 0.6 is 23.2 Å². The van der Waals surface area contributed by atoms with Gasteiger partial charge < -0.3 is 10.2 Å². The van der Waals surface area contributed by atoms with Crippen molar-refractivity contribution in [2.75, 3.05) is 6.54 Å². The summed E-state index contributed by atoms with van der Waals surface area (Å²) in [5.41, 5.74) is 0.164. The van der Waals surface area contributed by atoms with E-state index >= 15 is 0 Å². The number of halogens is 2. The number of fused-ring (bicyclic) bond motifs is 1. The molecule has 1 N–H and O–H groups in total. The van der Waals surface area contributed by atoms with E-state index in [1.807, 2.05) is 32.9 Å². The van der Waals surface area contributed by atoms with Gasteiger partial charge in [-0.15, -0.1) is 0 Å². The number of benzene rings is 1. The van der Waals surface area contributed by atoms with Crippen LogP contribution in [0.1, 0.15) is 52.5 Å². The Kier molecular flexibility index (Phi) is 8.09. The maximum atomic E-state index is 13.3. The second-order valence-electron chi connectivity index (χ2n) is 9.91. The Bertz CT molecular complexity index is 992. The predicted molar refractivity (Wildman–Crippen MR) is 131 cm³/mol. The number of amides is 4. The predicted octanol–water partition coefficient (Wildman–Crippen LogP) is 3.97. The summed E-state index contributed by atoms with van der Waals surface area (Å²) in [4.78, 5) is 54.4. The van der Waals surface area contributed by atoms with Crippen molar-refractivity contribution in [3.8, 4) is 0 Å². The van der Waals surface area contributed by atoms with Crippen LogP contribution in [0.4, 0.5) is 0 Å². The maximum Gasteiger partial charge on any atom is 0.242 e. The molecule has 3 rings (SSSR count). The van der Waals surface area contributed by atoms with E-state index in [0.29, 0.717) is 28.5 Å². The molecule has 1 aliphatic heterocycles. The van der Waals surface area contributed by atoms with Crippen LogP contribution in [0.3, 0.4) is 0 Å². The van der Waals surface area contributed by atoms with Gasteiger partial charge in [0.05, 0.1) is 11.8 Å². The smallest absolute Gasteiger partial charge is 0.242 e. The van der Waals surface area contributed by atoms with Crippen molar-refractivity contribution in [3.05, 3.63) is 46.0 Å². The first-order valence-electron chi connectivity index (χ1n) is 11.4. The van der Waals surface area contributed by atoms with Crippen LogP contribution in [-0.2, 0) is 25.7 Å². The maximum absolute atomic E-state index is 13.3. The molecule has 184 valence electrons. The zero-order valence-electron chi connectivity index (χ0n) is 19.9. The molecule has 2 aliphatic rings. The summed E-state index contributed by atoms with van der Waals surface area (Å²) < 4.78 is 0. The van der Waals surface area contributed by atoms with Crippen molar-refractivity contribution < 1.29 is 19.2 Å². The summed E-state index contributed by atoms with van der Waals surface area (Å²) in [5, 5.41) is 3.75. The monoisotopic (exact) mass is 507 g/mol. The third-order valence-electron chi connectivity index (χ3n) is 6.17. The summed E-state index contributed by atoms with van der Waals surface area (Å²) >= 11 is 12.3. The van der Waals surface area contributed by atoms with Gasteiger partial charge in [-0.05, 0) is 58.2 Å². The molecule has 0 unspecified atom stereocenters. The average Bonchev–Trinajstić information content (AvgIpc) is 3.00. The van der Waals surface area contributed by atoms with Crippen LogP contribution in [0.15, 0.2) is 30.4 Å². The van der Waals surface area contributed by atoms with Crippen LogP contribution in [0.25, 0.3) is 0 Å². The molecule has 1 fully saturated rings. The first-order chi connectivity index (χ1) is 15.9. The Balaban J connectivity index is 1.76. The topological polar surface area (TPSA) is 86.8 Å².